The van der Waals surface area contributed by atoms with Crippen LogP contribution in [0.15, 0.2) is 41.3 Å². The molecule has 30 heavy (non-hydrogen) atoms. The zero-order valence-corrected chi connectivity index (χ0v) is 17.8. The summed E-state index contributed by atoms with van der Waals surface area (Å²) in [6, 6.07) is 6.89. The first kappa shape index (κ1) is 22.6. The molecule has 160 valence electrons. The highest BCUT2D eigenvalue weighted by molar-refractivity contribution is 7.89. The Morgan fingerprint density at radius 3 is 2.33 bits per heavy atom. The maximum Gasteiger partial charge on any atom is 0.340 e. The van der Waals surface area contributed by atoms with Gasteiger partial charge in [-0.05, 0) is 36.4 Å². The molecule has 1 aliphatic rings. The summed E-state index contributed by atoms with van der Waals surface area (Å²) < 4.78 is 50.0. The van der Waals surface area contributed by atoms with Gasteiger partial charge in [0.1, 0.15) is 10.7 Å². The van der Waals surface area contributed by atoms with Gasteiger partial charge in [-0.15, -0.1) is 0 Å². The SMILES string of the molecule is O=C(COC(=O)c1cc(S(=O)(=O)N2CCOCC2)c(Cl)cc1Cl)c1ccc(F)cc1. The van der Waals surface area contributed by atoms with Crippen molar-refractivity contribution in [3.63, 3.8) is 0 Å². The van der Waals surface area contributed by atoms with E-state index in [0.717, 1.165) is 24.3 Å². The summed E-state index contributed by atoms with van der Waals surface area (Å²) in [5, 5.41) is -0.273. The van der Waals surface area contributed by atoms with Crippen molar-refractivity contribution in [3.8, 4) is 0 Å². The topological polar surface area (TPSA) is 90.0 Å². The standard InChI is InChI=1S/C19H16Cl2FNO6S/c20-15-10-16(21)18(30(26,27)23-5-7-28-8-6-23)9-14(15)19(25)29-11-17(24)12-1-3-13(22)4-2-12/h1-4,9-10H,5-8,11H2. The van der Waals surface area contributed by atoms with Crippen molar-refractivity contribution in [1.29, 1.82) is 0 Å². The molecule has 0 unspecified atom stereocenters. The number of ketones is 1. The maximum absolute atomic E-state index is 12.9. The van der Waals surface area contributed by atoms with E-state index >= 15 is 0 Å². The number of halogens is 3. The number of nitrogens with zero attached hydrogens (tertiary/aromatic N) is 1. The minimum atomic E-state index is -3.99. The maximum atomic E-state index is 12.9. The molecule has 3 rings (SSSR count). The van der Waals surface area contributed by atoms with Crippen LogP contribution in [-0.2, 0) is 19.5 Å². The third kappa shape index (κ3) is 4.98. The van der Waals surface area contributed by atoms with Gasteiger partial charge in [-0.2, -0.15) is 4.31 Å². The second kappa shape index (κ2) is 9.40. The van der Waals surface area contributed by atoms with Gasteiger partial charge in [0.05, 0.1) is 28.8 Å². The number of hydrogen-bond donors (Lipinski definition) is 0. The van der Waals surface area contributed by atoms with Crippen LogP contribution < -0.4 is 0 Å². The van der Waals surface area contributed by atoms with E-state index in [9.17, 15) is 22.4 Å². The molecule has 7 nitrogen and oxygen atoms in total. The Morgan fingerprint density at radius 1 is 1.07 bits per heavy atom. The third-order valence-corrected chi connectivity index (χ3v) is 7.01. The van der Waals surface area contributed by atoms with Crippen molar-refractivity contribution in [2.24, 2.45) is 0 Å². The summed E-state index contributed by atoms with van der Waals surface area (Å²) in [6.45, 7) is 0.144. The number of morpholine rings is 1. The van der Waals surface area contributed by atoms with E-state index in [-0.39, 0.29) is 52.4 Å². The van der Waals surface area contributed by atoms with E-state index in [2.05, 4.69) is 0 Å². The second-order valence-electron chi connectivity index (χ2n) is 6.29. The zero-order valence-electron chi connectivity index (χ0n) is 15.4. The number of rotatable bonds is 6. The third-order valence-electron chi connectivity index (χ3n) is 4.33. The molecular weight excluding hydrogens is 460 g/mol. The predicted octanol–water partition coefficient (Wildman–Crippen LogP) is 3.19. The fourth-order valence-corrected chi connectivity index (χ4v) is 4.97. The fourth-order valence-electron chi connectivity index (χ4n) is 2.74. The second-order valence-corrected chi connectivity index (χ2v) is 9.01. The van der Waals surface area contributed by atoms with Crippen LogP contribution >= 0.6 is 23.2 Å². The molecule has 0 N–H and O–H groups in total. The lowest BCUT2D eigenvalue weighted by Gasteiger charge is -2.26. The molecule has 11 heteroatoms. The molecule has 0 aromatic heterocycles. The number of benzene rings is 2. The van der Waals surface area contributed by atoms with Gasteiger partial charge in [-0.3, -0.25) is 4.79 Å². The summed E-state index contributed by atoms with van der Waals surface area (Å²) in [5.74, 6) is -2.06. The molecule has 0 aliphatic carbocycles. The van der Waals surface area contributed by atoms with E-state index in [0.29, 0.717) is 0 Å². The quantitative estimate of drug-likeness (QED) is 0.470. The highest BCUT2D eigenvalue weighted by atomic mass is 35.5. The molecule has 0 bridgehead atoms. The molecule has 0 spiro atoms. The van der Waals surface area contributed by atoms with E-state index < -0.39 is 34.2 Å². The van der Waals surface area contributed by atoms with Gasteiger partial charge in [0.25, 0.3) is 0 Å². The van der Waals surface area contributed by atoms with Gasteiger partial charge in [0.2, 0.25) is 10.0 Å². The molecule has 0 saturated carbocycles. The van der Waals surface area contributed by atoms with Gasteiger partial charge in [-0.1, -0.05) is 23.2 Å². The number of hydrogen-bond acceptors (Lipinski definition) is 6. The molecule has 1 aliphatic heterocycles. The van der Waals surface area contributed by atoms with Gasteiger partial charge in [0.15, 0.2) is 12.4 Å². The summed E-state index contributed by atoms with van der Waals surface area (Å²) in [6.07, 6.45) is 0. The number of Topliss-reactive ketones (excluding diaryl/α,β-unsaturated/α-hetero) is 1. The first-order valence-electron chi connectivity index (χ1n) is 8.73. The van der Waals surface area contributed by atoms with Gasteiger partial charge in [-0.25, -0.2) is 17.6 Å². The Labute approximate surface area is 182 Å². The van der Waals surface area contributed by atoms with Crippen LogP contribution in [0.5, 0.6) is 0 Å². The lowest BCUT2D eigenvalue weighted by atomic mass is 10.1. The number of esters is 1. The van der Waals surface area contributed by atoms with Crippen molar-refractivity contribution in [3.05, 3.63) is 63.4 Å². The molecule has 0 atom stereocenters. The number of sulfonamides is 1. The van der Waals surface area contributed by atoms with Gasteiger partial charge < -0.3 is 9.47 Å². The first-order chi connectivity index (χ1) is 14.2. The van der Waals surface area contributed by atoms with Crippen LogP contribution in [0.4, 0.5) is 4.39 Å². The van der Waals surface area contributed by atoms with Crippen molar-refractivity contribution >= 4 is 45.0 Å². The van der Waals surface area contributed by atoms with Crippen molar-refractivity contribution in [2.75, 3.05) is 32.9 Å². The van der Waals surface area contributed by atoms with Crippen molar-refractivity contribution in [1.82, 2.24) is 4.31 Å². The molecule has 1 fully saturated rings. The molecule has 0 amide bonds. The van der Waals surface area contributed by atoms with Gasteiger partial charge >= 0.3 is 5.97 Å². The Morgan fingerprint density at radius 2 is 1.70 bits per heavy atom. The monoisotopic (exact) mass is 475 g/mol. The van der Waals surface area contributed by atoms with Crippen LogP contribution in [0.3, 0.4) is 0 Å². The zero-order chi connectivity index (χ0) is 21.9. The fraction of sp³-hybridized carbons (Fsp3) is 0.263. The number of carbonyl (C=O) groups is 2. The summed E-state index contributed by atoms with van der Waals surface area (Å²) in [7, 11) is -3.99. The summed E-state index contributed by atoms with van der Waals surface area (Å²) >= 11 is 12.1. The van der Waals surface area contributed by atoms with Crippen LogP contribution in [0.2, 0.25) is 10.0 Å². The normalized spacial score (nSPS) is 15.0. The highest BCUT2D eigenvalue weighted by Crippen LogP contribution is 2.31. The predicted molar refractivity (Wildman–Crippen MR) is 107 cm³/mol. The Bertz CT molecular complexity index is 1070. The smallest absolute Gasteiger partial charge is 0.340 e. The Balaban J connectivity index is 1.80. The Hall–Kier alpha value is -2.04. The summed E-state index contributed by atoms with van der Waals surface area (Å²) in [4.78, 5) is 24.2. The minimum Gasteiger partial charge on any atom is -0.454 e. The average molecular weight is 476 g/mol. The molecule has 1 saturated heterocycles. The minimum absolute atomic E-state index is 0.125. The molecule has 2 aromatic rings. The van der Waals surface area contributed by atoms with E-state index in [1.54, 1.807) is 0 Å². The van der Waals surface area contributed by atoms with Crippen molar-refractivity contribution < 1.29 is 31.9 Å². The van der Waals surface area contributed by atoms with Crippen LogP contribution in [0.1, 0.15) is 20.7 Å². The van der Waals surface area contributed by atoms with E-state index in [1.807, 2.05) is 0 Å². The number of ether oxygens (including phenoxy) is 2. The van der Waals surface area contributed by atoms with Crippen LogP contribution in [0.25, 0.3) is 0 Å². The molecule has 1 heterocycles. The van der Waals surface area contributed by atoms with Crippen LogP contribution in [0, 0.1) is 5.82 Å². The lowest BCUT2D eigenvalue weighted by molar-refractivity contribution is 0.0474. The molecular formula is C19H16Cl2FNO6S. The van der Waals surface area contributed by atoms with Crippen molar-refractivity contribution in [2.45, 2.75) is 4.90 Å². The molecule has 2 aromatic carbocycles. The largest absolute Gasteiger partial charge is 0.454 e. The van der Waals surface area contributed by atoms with E-state index in [4.69, 9.17) is 32.7 Å². The number of carbonyl (C=O) groups excluding carboxylic acids is 2. The highest BCUT2D eigenvalue weighted by Gasteiger charge is 2.30. The Kier molecular flexibility index (Phi) is 7.10. The first-order valence-corrected chi connectivity index (χ1v) is 10.9. The van der Waals surface area contributed by atoms with Gasteiger partial charge in [0, 0.05) is 18.7 Å². The van der Waals surface area contributed by atoms with E-state index in [1.165, 1.54) is 16.4 Å². The average Bonchev–Trinajstić information content (AvgIpc) is 2.72. The van der Waals surface area contributed by atoms with Crippen LogP contribution in [-0.4, -0.2) is 57.4 Å². The lowest BCUT2D eigenvalue weighted by Crippen LogP contribution is -2.40. The summed E-state index contributed by atoms with van der Waals surface area (Å²) in [5.41, 5.74) is -0.0956. The molecule has 0 radical (unpaired) electrons.